The highest BCUT2D eigenvalue weighted by Crippen LogP contribution is 2.25. The van der Waals surface area contributed by atoms with Crippen LogP contribution in [0.25, 0.3) is 11.0 Å². The maximum Gasteiger partial charge on any atom is 0.263 e. The Bertz CT molecular complexity index is 1010. The zero-order valence-corrected chi connectivity index (χ0v) is 16.2. The van der Waals surface area contributed by atoms with Crippen LogP contribution in [-0.2, 0) is 25.9 Å². The maximum atomic E-state index is 12.9. The van der Waals surface area contributed by atoms with Crippen LogP contribution in [0.4, 0.5) is 0 Å². The minimum atomic E-state index is -0.0364. The van der Waals surface area contributed by atoms with Crippen LogP contribution in [0.1, 0.15) is 35.3 Å². The Balaban J connectivity index is 1.67. The second-order valence-corrected chi connectivity index (χ2v) is 8.40. The number of aromatic nitrogens is 4. The van der Waals surface area contributed by atoms with Crippen LogP contribution in [0.5, 0.6) is 0 Å². The second-order valence-electron chi connectivity index (χ2n) is 7.46. The maximum absolute atomic E-state index is 12.9. The van der Waals surface area contributed by atoms with E-state index < -0.39 is 0 Å². The molecule has 1 unspecified atom stereocenters. The third-order valence-corrected chi connectivity index (χ3v) is 5.69. The zero-order valence-electron chi connectivity index (χ0n) is 15.4. The summed E-state index contributed by atoms with van der Waals surface area (Å²) in [6.07, 6.45) is 4.72. The van der Waals surface area contributed by atoms with Gasteiger partial charge in [0.1, 0.15) is 11.3 Å². The third-order valence-electron chi connectivity index (χ3n) is 4.81. The van der Waals surface area contributed by atoms with Gasteiger partial charge >= 0.3 is 0 Å². The lowest BCUT2D eigenvalue weighted by Gasteiger charge is -2.20. The van der Waals surface area contributed by atoms with Crippen molar-refractivity contribution < 1.29 is 0 Å². The largest absolute Gasteiger partial charge is 0.303 e. The number of hydrogen-bond donors (Lipinski definition) is 0. The molecule has 0 N–H and O–H groups in total. The molecule has 0 radical (unpaired) electrons. The normalized spacial score (nSPS) is 17.0. The van der Waals surface area contributed by atoms with E-state index >= 15 is 0 Å². The summed E-state index contributed by atoms with van der Waals surface area (Å²) < 4.78 is 1.64. The van der Waals surface area contributed by atoms with Crippen LogP contribution in [0.15, 0.2) is 22.6 Å². The van der Waals surface area contributed by atoms with Crippen molar-refractivity contribution in [2.75, 3.05) is 14.1 Å². The van der Waals surface area contributed by atoms with Crippen LogP contribution >= 0.6 is 11.3 Å². The Hall–Kier alpha value is -2.12. The number of pyridine rings is 1. The summed E-state index contributed by atoms with van der Waals surface area (Å²) in [7, 11) is 4.04. The predicted molar refractivity (Wildman–Crippen MR) is 104 cm³/mol. The van der Waals surface area contributed by atoms with Gasteiger partial charge in [-0.2, -0.15) is 0 Å². The van der Waals surface area contributed by atoms with Crippen molar-refractivity contribution in [3.05, 3.63) is 50.1 Å². The molecule has 1 aliphatic carbocycles. The van der Waals surface area contributed by atoms with Crippen molar-refractivity contribution in [1.29, 1.82) is 0 Å². The van der Waals surface area contributed by atoms with E-state index in [2.05, 4.69) is 26.8 Å². The molecule has 0 saturated carbocycles. The van der Waals surface area contributed by atoms with Gasteiger partial charge in [0.25, 0.3) is 5.56 Å². The number of hydrogen-bond acceptors (Lipinski definition) is 6. The van der Waals surface area contributed by atoms with Gasteiger partial charge in [0.05, 0.1) is 17.6 Å². The zero-order chi connectivity index (χ0) is 18.3. The van der Waals surface area contributed by atoms with Crippen molar-refractivity contribution in [1.82, 2.24) is 24.4 Å². The molecular formula is C19H23N5OS. The summed E-state index contributed by atoms with van der Waals surface area (Å²) in [6.45, 7) is 3.51. The lowest BCUT2D eigenvalue weighted by atomic mass is 9.87. The smallest absolute Gasteiger partial charge is 0.263 e. The fourth-order valence-electron chi connectivity index (χ4n) is 3.47. The second kappa shape index (κ2) is 6.89. The summed E-state index contributed by atoms with van der Waals surface area (Å²) in [5, 5.41) is 3.68. The number of fused-ring (bicyclic) bond motifs is 2. The van der Waals surface area contributed by atoms with Gasteiger partial charge in [-0.05, 0) is 50.9 Å². The fraction of sp³-hybridized carbons (Fsp3) is 0.474. The van der Waals surface area contributed by atoms with Crippen molar-refractivity contribution in [3.8, 4) is 0 Å². The van der Waals surface area contributed by atoms with Crippen LogP contribution in [0, 0.1) is 5.92 Å². The van der Waals surface area contributed by atoms with E-state index in [0.717, 1.165) is 42.2 Å². The van der Waals surface area contributed by atoms with E-state index in [1.54, 1.807) is 22.2 Å². The topological polar surface area (TPSA) is 63.9 Å². The average molecular weight is 369 g/mol. The predicted octanol–water partition coefficient (Wildman–Crippen LogP) is 2.48. The van der Waals surface area contributed by atoms with E-state index in [1.165, 1.54) is 5.56 Å². The number of aryl methyl sites for hydroxylation is 1. The van der Waals surface area contributed by atoms with Gasteiger partial charge in [0.2, 0.25) is 0 Å². The Morgan fingerprint density at radius 3 is 3.00 bits per heavy atom. The fourth-order valence-corrected chi connectivity index (χ4v) is 4.38. The number of nitrogens with zero attached hydrogens (tertiary/aromatic N) is 5. The highest BCUT2D eigenvalue weighted by atomic mass is 32.1. The molecule has 0 spiro atoms. The minimum Gasteiger partial charge on any atom is -0.303 e. The molecule has 26 heavy (non-hydrogen) atoms. The van der Waals surface area contributed by atoms with E-state index in [0.29, 0.717) is 23.5 Å². The first kappa shape index (κ1) is 17.3. The van der Waals surface area contributed by atoms with E-state index in [1.807, 2.05) is 25.5 Å². The van der Waals surface area contributed by atoms with Crippen LogP contribution in [0.3, 0.4) is 0 Å². The Morgan fingerprint density at radius 2 is 2.19 bits per heavy atom. The van der Waals surface area contributed by atoms with Crippen molar-refractivity contribution in [2.24, 2.45) is 5.92 Å². The molecule has 1 atom stereocenters. The Kier molecular flexibility index (Phi) is 4.58. The monoisotopic (exact) mass is 369 g/mol. The summed E-state index contributed by atoms with van der Waals surface area (Å²) >= 11 is 1.62. The van der Waals surface area contributed by atoms with Gasteiger partial charge in [0, 0.05) is 17.6 Å². The summed E-state index contributed by atoms with van der Waals surface area (Å²) in [6, 6.07) is 2.01. The Morgan fingerprint density at radius 1 is 1.35 bits per heavy atom. The standard InChI is InChI=1S/C19H23N5OS/c1-12-4-5-16-13(6-12)7-15-18(22-16)20-11-24(19(15)25)8-14-10-26-17(21-14)9-23(2)3/h7,10-12H,4-6,8-9H2,1-3H3. The molecular weight excluding hydrogens is 346 g/mol. The summed E-state index contributed by atoms with van der Waals surface area (Å²) in [5.74, 6) is 0.644. The van der Waals surface area contributed by atoms with Crippen molar-refractivity contribution in [3.63, 3.8) is 0 Å². The van der Waals surface area contributed by atoms with Gasteiger partial charge in [-0.25, -0.2) is 15.0 Å². The first-order valence-corrected chi connectivity index (χ1v) is 9.83. The lowest BCUT2D eigenvalue weighted by molar-refractivity contribution is 0.401. The quantitative estimate of drug-likeness (QED) is 0.707. The number of thiazole rings is 1. The van der Waals surface area contributed by atoms with E-state index in [9.17, 15) is 4.79 Å². The molecule has 0 fully saturated rings. The highest BCUT2D eigenvalue weighted by Gasteiger charge is 2.19. The van der Waals surface area contributed by atoms with Crippen molar-refractivity contribution in [2.45, 2.75) is 39.3 Å². The highest BCUT2D eigenvalue weighted by molar-refractivity contribution is 7.09. The molecule has 0 aromatic carbocycles. The molecule has 3 heterocycles. The molecule has 0 aliphatic heterocycles. The van der Waals surface area contributed by atoms with Gasteiger partial charge in [-0.15, -0.1) is 11.3 Å². The minimum absolute atomic E-state index is 0.0364. The van der Waals surface area contributed by atoms with Gasteiger partial charge in [0.15, 0.2) is 5.65 Å². The SMILES string of the molecule is CC1CCc2nc3ncn(Cc4csc(CN(C)C)n4)c(=O)c3cc2C1. The van der Waals surface area contributed by atoms with Crippen LogP contribution < -0.4 is 5.56 Å². The number of rotatable bonds is 4. The molecule has 0 saturated heterocycles. The molecule has 136 valence electrons. The summed E-state index contributed by atoms with van der Waals surface area (Å²) in [5.41, 5.74) is 3.73. The van der Waals surface area contributed by atoms with Crippen LogP contribution in [-0.4, -0.2) is 38.5 Å². The first-order valence-electron chi connectivity index (χ1n) is 8.95. The average Bonchev–Trinajstić information content (AvgIpc) is 3.02. The molecule has 1 aliphatic rings. The lowest BCUT2D eigenvalue weighted by Crippen LogP contribution is -2.23. The van der Waals surface area contributed by atoms with E-state index in [4.69, 9.17) is 0 Å². The van der Waals surface area contributed by atoms with Gasteiger partial charge < -0.3 is 4.90 Å². The Labute approximate surface area is 156 Å². The van der Waals surface area contributed by atoms with E-state index in [-0.39, 0.29) is 5.56 Å². The molecule has 0 bridgehead atoms. The first-order chi connectivity index (χ1) is 12.5. The molecule has 0 amide bonds. The molecule has 7 heteroatoms. The third kappa shape index (κ3) is 3.41. The van der Waals surface area contributed by atoms with Gasteiger partial charge in [-0.1, -0.05) is 6.92 Å². The molecule has 6 nitrogen and oxygen atoms in total. The molecule has 3 aromatic rings. The van der Waals surface area contributed by atoms with Gasteiger partial charge in [-0.3, -0.25) is 9.36 Å². The molecule has 3 aromatic heterocycles. The molecule has 4 rings (SSSR count). The summed E-state index contributed by atoms with van der Waals surface area (Å²) in [4.78, 5) is 28.7. The van der Waals surface area contributed by atoms with Crippen molar-refractivity contribution >= 4 is 22.4 Å². The van der Waals surface area contributed by atoms with Crippen LogP contribution in [0.2, 0.25) is 0 Å².